The van der Waals surface area contributed by atoms with E-state index in [0.29, 0.717) is 22.4 Å². The minimum atomic E-state index is -0.361. The molecule has 29 heavy (non-hydrogen) atoms. The Hall–Kier alpha value is -2.73. The van der Waals surface area contributed by atoms with Crippen molar-refractivity contribution >= 4 is 17.5 Å². The maximum Gasteiger partial charge on any atom is 0.257 e. The van der Waals surface area contributed by atoms with Gasteiger partial charge >= 0.3 is 0 Å². The normalized spacial score (nSPS) is 13.2. The van der Waals surface area contributed by atoms with Crippen LogP contribution in [0.1, 0.15) is 45.7 Å². The Bertz CT molecular complexity index is 1110. The lowest BCUT2D eigenvalue weighted by Gasteiger charge is -2.19. The lowest BCUT2D eigenvalue weighted by molar-refractivity contribution is 0.103. The second-order valence-corrected chi connectivity index (χ2v) is 8.16. The first kappa shape index (κ1) is 19.6. The van der Waals surface area contributed by atoms with Crippen molar-refractivity contribution in [2.75, 3.05) is 0 Å². The van der Waals surface area contributed by atoms with E-state index in [-0.39, 0.29) is 17.2 Å². The number of aryl methyl sites for hydroxylation is 1. The van der Waals surface area contributed by atoms with Crippen molar-refractivity contribution in [1.29, 1.82) is 0 Å². The van der Waals surface area contributed by atoms with Gasteiger partial charge in [-0.1, -0.05) is 24.3 Å². The smallest absolute Gasteiger partial charge is 0.257 e. The van der Waals surface area contributed by atoms with Gasteiger partial charge in [0, 0.05) is 35.4 Å². The molecule has 0 saturated heterocycles. The third-order valence-corrected chi connectivity index (χ3v) is 6.31. The van der Waals surface area contributed by atoms with E-state index in [4.69, 9.17) is 4.98 Å². The Morgan fingerprint density at radius 1 is 1.07 bits per heavy atom. The summed E-state index contributed by atoms with van der Waals surface area (Å²) in [6.45, 7) is 2.60. The van der Waals surface area contributed by atoms with Crippen molar-refractivity contribution in [2.45, 2.75) is 43.5 Å². The molecule has 148 valence electrons. The number of hydrogen-bond acceptors (Lipinski definition) is 4. The fourth-order valence-corrected chi connectivity index (χ4v) is 4.43. The van der Waals surface area contributed by atoms with Crippen LogP contribution in [0.15, 0.2) is 58.4 Å². The number of ketones is 1. The van der Waals surface area contributed by atoms with Gasteiger partial charge in [-0.3, -0.25) is 14.2 Å². The molecular weight excluding hydrogens is 387 g/mol. The number of fused-ring (bicyclic) bond motifs is 1. The highest BCUT2D eigenvalue weighted by atomic mass is 32.2. The number of hydrogen-bond donors (Lipinski definition) is 0. The standard InChI is InChI=1S/C23H21FN2O2S/c1-15-22(25-20-4-2-3-13-26(20)23(15)28)29-14-16-5-7-17(8-6-16)21(27)18-9-11-19(24)12-10-18/h5-12H,2-4,13-14H2,1H3. The molecule has 4 rings (SSSR count). The molecule has 1 aromatic heterocycles. The average molecular weight is 408 g/mol. The molecule has 0 amide bonds. The number of carbonyl (C=O) groups excluding carboxylic acids is 1. The van der Waals surface area contributed by atoms with Crippen LogP contribution in [-0.2, 0) is 18.7 Å². The van der Waals surface area contributed by atoms with Gasteiger partial charge in [-0.2, -0.15) is 0 Å². The molecule has 1 aliphatic heterocycles. The number of nitrogens with zero attached hydrogens (tertiary/aromatic N) is 2. The first-order valence-corrected chi connectivity index (χ1v) is 10.6. The molecule has 1 aliphatic rings. The summed E-state index contributed by atoms with van der Waals surface area (Å²) in [6, 6.07) is 12.9. The zero-order valence-electron chi connectivity index (χ0n) is 16.2. The average Bonchev–Trinajstić information content (AvgIpc) is 2.76. The Balaban J connectivity index is 1.47. The number of halogens is 1. The number of benzene rings is 2. The van der Waals surface area contributed by atoms with Gasteiger partial charge in [-0.05, 0) is 49.6 Å². The van der Waals surface area contributed by atoms with E-state index in [1.807, 2.05) is 19.1 Å². The Kier molecular flexibility index (Phi) is 5.62. The van der Waals surface area contributed by atoms with E-state index in [1.54, 1.807) is 28.5 Å². The molecule has 0 aliphatic carbocycles. The van der Waals surface area contributed by atoms with Crippen LogP contribution in [-0.4, -0.2) is 15.3 Å². The minimum Gasteiger partial charge on any atom is -0.296 e. The number of aromatic nitrogens is 2. The van der Waals surface area contributed by atoms with Gasteiger partial charge in [-0.25, -0.2) is 9.37 Å². The van der Waals surface area contributed by atoms with Crippen LogP contribution in [0.2, 0.25) is 0 Å². The molecule has 0 bridgehead atoms. The molecule has 0 radical (unpaired) electrons. The predicted octanol–water partition coefficient (Wildman–Crippen LogP) is 4.55. The van der Waals surface area contributed by atoms with Crippen molar-refractivity contribution < 1.29 is 9.18 Å². The van der Waals surface area contributed by atoms with Gasteiger partial charge in [0.15, 0.2) is 5.78 Å². The summed E-state index contributed by atoms with van der Waals surface area (Å²) in [7, 11) is 0. The predicted molar refractivity (Wildman–Crippen MR) is 112 cm³/mol. The maximum absolute atomic E-state index is 13.0. The molecule has 0 atom stereocenters. The summed E-state index contributed by atoms with van der Waals surface area (Å²) >= 11 is 1.55. The molecule has 0 N–H and O–H groups in total. The molecule has 4 nitrogen and oxygen atoms in total. The van der Waals surface area contributed by atoms with Crippen molar-refractivity contribution in [1.82, 2.24) is 9.55 Å². The molecule has 3 aromatic rings. The van der Waals surface area contributed by atoms with E-state index in [0.717, 1.165) is 42.2 Å². The summed E-state index contributed by atoms with van der Waals surface area (Å²) in [5, 5.41) is 0.787. The SMILES string of the molecule is Cc1c(SCc2ccc(C(=O)c3ccc(F)cc3)cc2)nc2n(c1=O)CCCC2. The van der Waals surface area contributed by atoms with E-state index in [9.17, 15) is 14.0 Å². The summed E-state index contributed by atoms with van der Waals surface area (Å²) in [4.78, 5) is 29.8. The molecule has 2 heterocycles. The van der Waals surface area contributed by atoms with E-state index >= 15 is 0 Å². The largest absolute Gasteiger partial charge is 0.296 e. The first-order valence-electron chi connectivity index (χ1n) is 9.65. The summed E-state index contributed by atoms with van der Waals surface area (Å²) < 4.78 is 14.8. The van der Waals surface area contributed by atoms with Gasteiger partial charge in [0.05, 0.1) is 0 Å². The zero-order valence-corrected chi connectivity index (χ0v) is 17.0. The second kappa shape index (κ2) is 8.33. The molecule has 0 saturated carbocycles. The molecule has 0 unspecified atom stereocenters. The van der Waals surface area contributed by atoms with Crippen LogP contribution in [0.3, 0.4) is 0 Å². The van der Waals surface area contributed by atoms with Crippen LogP contribution in [0, 0.1) is 12.7 Å². The molecular formula is C23H21FN2O2S. The van der Waals surface area contributed by atoms with Crippen LogP contribution in [0.25, 0.3) is 0 Å². The van der Waals surface area contributed by atoms with Gasteiger partial charge < -0.3 is 0 Å². The summed E-state index contributed by atoms with van der Waals surface area (Å²) in [5.41, 5.74) is 2.83. The fraction of sp³-hybridized carbons (Fsp3) is 0.261. The van der Waals surface area contributed by atoms with Crippen LogP contribution in [0.5, 0.6) is 0 Å². The van der Waals surface area contributed by atoms with Crippen molar-refractivity contribution in [3.05, 3.63) is 92.8 Å². The van der Waals surface area contributed by atoms with Crippen LogP contribution in [0.4, 0.5) is 4.39 Å². The van der Waals surface area contributed by atoms with E-state index in [2.05, 4.69) is 0 Å². The lowest BCUT2D eigenvalue weighted by Crippen LogP contribution is -2.30. The number of thioether (sulfide) groups is 1. The van der Waals surface area contributed by atoms with Gasteiger partial charge in [0.25, 0.3) is 5.56 Å². The van der Waals surface area contributed by atoms with E-state index < -0.39 is 0 Å². The maximum atomic E-state index is 13.0. The quantitative estimate of drug-likeness (QED) is 0.353. The Morgan fingerprint density at radius 2 is 1.72 bits per heavy atom. The lowest BCUT2D eigenvalue weighted by atomic mass is 10.0. The van der Waals surface area contributed by atoms with Crippen molar-refractivity contribution in [3.8, 4) is 0 Å². The highest BCUT2D eigenvalue weighted by molar-refractivity contribution is 7.98. The summed E-state index contributed by atoms with van der Waals surface area (Å²) in [5.74, 6) is 1.06. The number of rotatable bonds is 5. The third-order valence-electron chi connectivity index (χ3n) is 5.16. The molecule has 6 heteroatoms. The second-order valence-electron chi connectivity index (χ2n) is 7.19. The van der Waals surface area contributed by atoms with Gasteiger partial charge in [-0.15, -0.1) is 11.8 Å². The van der Waals surface area contributed by atoms with Crippen LogP contribution >= 0.6 is 11.8 Å². The van der Waals surface area contributed by atoms with Crippen molar-refractivity contribution in [2.24, 2.45) is 0 Å². The summed E-state index contributed by atoms with van der Waals surface area (Å²) in [6.07, 6.45) is 2.95. The highest BCUT2D eigenvalue weighted by Gasteiger charge is 2.17. The molecule has 2 aromatic carbocycles. The fourth-order valence-electron chi connectivity index (χ4n) is 3.46. The Morgan fingerprint density at radius 3 is 2.41 bits per heavy atom. The zero-order chi connectivity index (χ0) is 20.4. The molecule has 0 spiro atoms. The van der Waals surface area contributed by atoms with Gasteiger partial charge in [0.2, 0.25) is 0 Å². The first-order chi connectivity index (χ1) is 14.0. The Labute approximate surface area is 172 Å². The van der Waals surface area contributed by atoms with E-state index in [1.165, 1.54) is 24.3 Å². The highest BCUT2D eigenvalue weighted by Crippen LogP contribution is 2.25. The topological polar surface area (TPSA) is 52.0 Å². The van der Waals surface area contributed by atoms with Crippen molar-refractivity contribution in [3.63, 3.8) is 0 Å². The van der Waals surface area contributed by atoms with Gasteiger partial charge in [0.1, 0.15) is 16.7 Å². The minimum absolute atomic E-state index is 0.0671. The third kappa shape index (κ3) is 4.17. The number of carbonyl (C=O) groups is 1. The van der Waals surface area contributed by atoms with Crippen LogP contribution < -0.4 is 5.56 Å². The monoisotopic (exact) mass is 408 g/mol. The molecule has 0 fully saturated rings.